The van der Waals surface area contributed by atoms with Crippen molar-refractivity contribution in [2.24, 2.45) is 0 Å². The molecular formula is C22H28N4O4S. The number of imide groups is 1. The number of hydrogen-bond donors (Lipinski definition) is 2. The van der Waals surface area contributed by atoms with E-state index in [-0.39, 0.29) is 11.7 Å². The van der Waals surface area contributed by atoms with Crippen molar-refractivity contribution in [3.8, 4) is 11.5 Å². The maximum atomic E-state index is 12.4. The van der Waals surface area contributed by atoms with Gasteiger partial charge in [-0.3, -0.25) is 10.1 Å². The van der Waals surface area contributed by atoms with E-state index in [1.165, 1.54) is 31.0 Å². The van der Waals surface area contributed by atoms with Gasteiger partial charge >= 0.3 is 6.03 Å². The highest BCUT2D eigenvalue weighted by Crippen LogP contribution is 2.34. The highest BCUT2D eigenvalue weighted by atomic mass is 32.2. The summed E-state index contributed by atoms with van der Waals surface area (Å²) >= 11 is 1.37. The number of aryl methyl sites for hydroxylation is 1. The number of carbonyl (C=O) groups is 2. The van der Waals surface area contributed by atoms with Gasteiger partial charge in [0.1, 0.15) is 13.2 Å². The standard InChI is InChI=1S/C22H28N4O4S/c1-14-15(2)26(17-6-4-3-5-7-17)22(23-14)31-13-20(27)25-21(28)24-16-8-9-18-19(12-16)30-11-10-29-18/h8-9,12,17H,3-7,10-11,13H2,1-2H3,(H2,24,25,27,28). The van der Waals surface area contributed by atoms with Crippen molar-refractivity contribution >= 4 is 29.4 Å². The fraction of sp³-hybridized carbons (Fsp3) is 0.500. The fourth-order valence-electron chi connectivity index (χ4n) is 4.04. The summed E-state index contributed by atoms with van der Waals surface area (Å²) in [5, 5.41) is 5.89. The van der Waals surface area contributed by atoms with E-state index in [2.05, 4.69) is 27.1 Å². The SMILES string of the molecule is Cc1nc(SCC(=O)NC(=O)Nc2ccc3c(c2)OCCO3)n(C2CCCCC2)c1C. The van der Waals surface area contributed by atoms with Gasteiger partial charge in [-0.2, -0.15) is 0 Å². The summed E-state index contributed by atoms with van der Waals surface area (Å²) in [4.78, 5) is 29.2. The molecule has 9 heteroatoms. The highest BCUT2D eigenvalue weighted by Gasteiger charge is 2.23. The Morgan fingerprint density at radius 1 is 1.13 bits per heavy atom. The van der Waals surface area contributed by atoms with Crippen LogP contribution in [0.25, 0.3) is 0 Å². The molecule has 2 aromatic rings. The molecule has 2 heterocycles. The lowest BCUT2D eigenvalue weighted by Gasteiger charge is -2.26. The highest BCUT2D eigenvalue weighted by molar-refractivity contribution is 7.99. The predicted molar refractivity (Wildman–Crippen MR) is 119 cm³/mol. The molecular weight excluding hydrogens is 416 g/mol. The number of ether oxygens (including phenoxy) is 2. The minimum absolute atomic E-state index is 0.122. The topological polar surface area (TPSA) is 94.5 Å². The number of imidazole rings is 1. The van der Waals surface area contributed by atoms with Crippen molar-refractivity contribution in [3.05, 3.63) is 29.6 Å². The van der Waals surface area contributed by atoms with Gasteiger partial charge in [0.15, 0.2) is 16.7 Å². The van der Waals surface area contributed by atoms with E-state index in [9.17, 15) is 9.59 Å². The Bertz CT molecular complexity index is 969. The monoisotopic (exact) mass is 444 g/mol. The third-order valence-electron chi connectivity index (χ3n) is 5.68. The van der Waals surface area contributed by atoms with Gasteiger partial charge in [0, 0.05) is 23.5 Å². The molecule has 4 rings (SSSR count). The molecule has 0 unspecified atom stereocenters. The fourth-order valence-corrected chi connectivity index (χ4v) is 5.00. The number of nitrogens with one attached hydrogen (secondary N) is 2. The zero-order valence-electron chi connectivity index (χ0n) is 17.9. The first kappa shape index (κ1) is 21.5. The molecule has 1 fully saturated rings. The van der Waals surface area contributed by atoms with Crippen LogP contribution in [-0.2, 0) is 4.79 Å². The number of thioether (sulfide) groups is 1. The summed E-state index contributed by atoms with van der Waals surface area (Å²) in [5.74, 6) is 0.973. The van der Waals surface area contributed by atoms with Gasteiger partial charge in [0.25, 0.3) is 0 Å². The van der Waals surface area contributed by atoms with E-state index >= 15 is 0 Å². The number of amides is 3. The molecule has 0 saturated heterocycles. The number of carbonyl (C=O) groups excluding carboxylic acids is 2. The first-order valence-electron chi connectivity index (χ1n) is 10.7. The van der Waals surface area contributed by atoms with E-state index in [1.54, 1.807) is 18.2 Å². The van der Waals surface area contributed by atoms with Gasteiger partial charge in [-0.15, -0.1) is 0 Å². The lowest BCUT2D eigenvalue weighted by atomic mass is 9.95. The van der Waals surface area contributed by atoms with Crippen LogP contribution in [0, 0.1) is 13.8 Å². The van der Waals surface area contributed by atoms with Gasteiger partial charge in [0.2, 0.25) is 5.91 Å². The van der Waals surface area contributed by atoms with Crippen LogP contribution >= 0.6 is 11.8 Å². The van der Waals surface area contributed by atoms with E-state index in [1.807, 2.05) is 6.92 Å². The Balaban J connectivity index is 1.32. The quantitative estimate of drug-likeness (QED) is 0.671. The Morgan fingerprint density at radius 3 is 2.65 bits per heavy atom. The molecule has 1 saturated carbocycles. The van der Waals surface area contributed by atoms with Crippen LogP contribution in [0.4, 0.5) is 10.5 Å². The van der Waals surface area contributed by atoms with Crippen molar-refractivity contribution in [2.75, 3.05) is 24.3 Å². The molecule has 2 N–H and O–H groups in total. The first-order valence-corrected chi connectivity index (χ1v) is 11.7. The summed E-state index contributed by atoms with van der Waals surface area (Å²) in [6.45, 7) is 5.06. The second-order valence-corrected chi connectivity index (χ2v) is 8.82. The number of hydrogen-bond acceptors (Lipinski definition) is 6. The average molecular weight is 445 g/mol. The largest absolute Gasteiger partial charge is 0.486 e. The second-order valence-electron chi connectivity index (χ2n) is 7.88. The predicted octanol–water partition coefficient (Wildman–Crippen LogP) is 4.22. The van der Waals surface area contributed by atoms with Crippen molar-refractivity contribution in [1.29, 1.82) is 0 Å². The first-order chi connectivity index (χ1) is 15.0. The van der Waals surface area contributed by atoms with E-state index in [0.717, 1.165) is 29.4 Å². The Labute approximate surface area is 186 Å². The number of nitrogens with zero attached hydrogens (tertiary/aromatic N) is 2. The van der Waals surface area contributed by atoms with E-state index in [4.69, 9.17) is 9.47 Å². The third-order valence-corrected chi connectivity index (χ3v) is 6.63. The molecule has 0 atom stereocenters. The number of fused-ring (bicyclic) bond motifs is 1. The maximum Gasteiger partial charge on any atom is 0.325 e. The number of anilines is 1. The van der Waals surface area contributed by atoms with Crippen LogP contribution < -0.4 is 20.1 Å². The molecule has 31 heavy (non-hydrogen) atoms. The molecule has 1 aliphatic heterocycles. The molecule has 0 radical (unpaired) electrons. The summed E-state index contributed by atoms with van der Waals surface area (Å²) in [7, 11) is 0. The van der Waals surface area contributed by atoms with Crippen LogP contribution in [-0.4, -0.2) is 40.5 Å². The lowest BCUT2D eigenvalue weighted by Crippen LogP contribution is -2.35. The second kappa shape index (κ2) is 9.64. The van der Waals surface area contributed by atoms with Gasteiger partial charge < -0.3 is 19.4 Å². The molecule has 0 bridgehead atoms. The summed E-state index contributed by atoms with van der Waals surface area (Å²) in [6.07, 6.45) is 6.03. The van der Waals surface area contributed by atoms with Crippen LogP contribution in [0.5, 0.6) is 11.5 Å². The molecule has 3 amide bonds. The van der Waals surface area contributed by atoms with E-state index < -0.39 is 6.03 Å². The number of rotatable bonds is 5. The molecule has 8 nitrogen and oxygen atoms in total. The van der Waals surface area contributed by atoms with Crippen molar-refractivity contribution < 1.29 is 19.1 Å². The molecule has 2 aliphatic rings. The van der Waals surface area contributed by atoms with Crippen LogP contribution in [0.2, 0.25) is 0 Å². The Hall–Kier alpha value is -2.68. The molecule has 1 aromatic heterocycles. The Morgan fingerprint density at radius 2 is 1.87 bits per heavy atom. The van der Waals surface area contributed by atoms with Gasteiger partial charge in [-0.25, -0.2) is 9.78 Å². The summed E-state index contributed by atoms with van der Waals surface area (Å²) < 4.78 is 13.3. The minimum Gasteiger partial charge on any atom is -0.486 e. The maximum absolute atomic E-state index is 12.4. The van der Waals surface area contributed by atoms with Crippen molar-refractivity contribution in [3.63, 3.8) is 0 Å². The van der Waals surface area contributed by atoms with Crippen molar-refractivity contribution in [2.45, 2.75) is 57.1 Å². The molecule has 1 aliphatic carbocycles. The van der Waals surface area contributed by atoms with Gasteiger partial charge in [-0.1, -0.05) is 31.0 Å². The molecule has 0 spiro atoms. The summed E-state index contributed by atoms with van der Waals surface area (Å²) in [5.41, 5.74) is 2.68. The van der Waals surface area contributed by atoms with Crippen LogP contribution in [0.3, 0.4) is 0 Å². The van der Waals surface area contributed by atoms with Crippen LogP contribution in [0.15, 0.2) is 23.4 Å². The third kappa shape index (κ3) is 5.15. The smallest absolute Gasteiger partial charge is 0.325 e. The number of aromatic nitrogens is 2. The van der Waals surface area contributed by atoms with E-state index in [0.29, 0.717) is 36.4 Å². The molecule has 166 valence electrons. The zero-order valence-corrected chi connectivity index (χ0v) is 18.7. The Kier molecular flexibility index (Phi) is 6.70. The zero-order chi connectivity index (χ0) is 21.8. The van der Waals surface area contributed by atoms with Crippen molar-refractivity contribution in [1.82, 2.24) is 14.9 Å². The van der Waals surface area contributed by atoms with Gasteiger partial charge in [-0.05, 0) is 38.8 Å². The van der Waals surface area contributed by atoms with Crippen LogP contribution in [0.1, 0.15) is 49.5 Å². The average Bonchev–Trinajstić information content (AvgIpc) is 3.06. The lowest BCUT2D eigenvalue weighted by molar-refractivity contribution is -0.117. The normalized spacial score (nSPS) is 16.1. The minimum atomic E-state index is -0.578. The number of urea groups is 1. The summed E-state index contributed by atoms with van der Waals surface area (Å²) in [6, 6.07) is 4.99. The van der Waals surface area contributed by atoms with Gasteiger partial charge in [0.05, 0.1) is 11.4 Å². The number of benzene rings is 1. The molecule has 1 aromatic carbocycles.